The van der Waals surface area contributed by atoms with Gasteiger partial charge in [-0.05, 0) is 12.1 Å². The van der Waals surface area contributed by atoms with E-state index in [9.17, 15) is 9.59 Å². The van der Waals surface area contributed by atoms with Crippen LogP contribution in [0, 0.1) is 0 Å². The molecule has 8 nitrogen and oxygen atoms in total. The van der Waals surface area contributed by atoms with Gasteiger partial charge in [0.25, 0.3) is 0 Å². The van der Waals surface area contributed by atoms with E-state index in [4.69, 9.17) is 0 Å². The van der Waals surface area contributed by atoms with E-state index < -0.39 is 11.9 Å². The van der Waals surface area contributed by atoms with Gasteiger partial charge in [0.1, 0.15) is 0 Å². The Morgan fingerprint density at radius 2 is 1.33 bits per heavy atom. The summed E-state index contributed by atoms with van der Waals surface area (Å²) >= 11 is 0. The van der Waals surface area contributed by atoms with Crippen molar-refractivity contribution in [3.05, 3.63) is 35.4 Å². The van der Waals surface area contributed by atoms with Gasteiger partial charge in [-0.3, -0.25) is 0 Å². The van der Waals surface area contributed by atoms with Gasteiger partial charge in [0.15, 0.2) is 0 Å². The first-order valence-electron chi connectivity index (χ1n) is 4.63. The van der Waals surface area contributed by atoms with E-state index in [0.717, 1.165) is 0 Å². The maximum Gasteiger partial charge on any atom is 0.365 e. The molecule has 0 unspecified atom stereocenters. The van der Waals surface area contributed by atoms with Crippen LogP contribution in [0.2, 0.25) is 0 Å². The molecule has 2 N–H and O–H groups in total. The zero-order chi connectivity index (χ0) is 13.4. The van der Waals surface area contributed by atoms with Gasteiger partial charge in [-0.2, -0.15) is 10.2 Å². The van der Waals surface area contributed by atoms with Crippen molar-refractivity contribution in [1.29, 1.82) is 0 Å². The molecule has 0 amide bonds. The summed E-state index contributed by atoms with van der Waals surface area (Å²) in [7, 11) is 0. The molecule has 0 aliphatic rings. The highest BCUT2D eigenvalue weighted by molar-refractivity contribution is 6.02. The van der Waals surface area contributed by atoms with Crippen LogP contribution in [0.1, 0.15) is 20.7 Å². The van der Waals surface area contributed by atoms with Gasteiger partial charge in [0.2, 0.25) is 0 Å². The van der Waals surface area contributed by atoms with Crippen LogP contribution in [0.25, 0.3) is 0 Å². The van der Waals surface area contributed by atoms with Crippen LogP contribution in [-0.2, 0) is 9.68 Å². The fraction of sp³-hybridized carbons (Fsp3) is 0. The summed E-state index contributed by atoms with van der Waals surface area (Å²) in [6.45, 7) is 6.13. The number of hydrogen-bond donors (Lipinski definition) is 2. The van der Waals surface area contributed by atoms with Gasteiger partial charge in [-0.25, -0.2) is 9.59 Å². The molecule has 0 aliphatic carbocycles. The Hall–Kier alpha value is -2.90. The van der Waals surface area contributed by atoms with Crippen molar-refractivity contribution in [3.63, 3.8) is 0 Å². The van der Waals surface area contributed by atoms with E-state index in [2.05, 4.69) is 33.3 Å². The lowest BCUT2D eigenvalue weighted by Crippen LogP contribution is -2.20. The molecule has 1 aromatic carbocycles. The molecule has 94 valence electrons. The van der Waals surface area contributed by atoms with Crippen molar-refractivity contribution in [1.82, 2.24) is 11.2 Å². The second-order valence-corrected chi connectivity index (χ2v) is 2.82. The quantitative estimate of drug-likeness (QED) is 0.554. The van der Waals surface area contributed by atoms with Gasteiger partial charge in [-0.1, -0.05) is 12.1 Å². The van der Waals surface area contributed by atoms with Crippen molar-refractivity contribution in [2.45, 2.75) is 0 Å². The molecular weight excluding hydrogens is 240 g/mol. The predicted molar refractivity (Wildman–Crippen MR) is 62.6 cm³/mol. The highest BCUT2D eigenvalue weighted by Crippen LogP contribution is 2.11. The Bertz CT molecular complexity index is 432. The Morgan fingerprint density at radius 1 is 0.944 bits per heavy atom. The summed E-state index contributed by atoms with van der Waals surface area (Å²) in [5.74, 6) is -1.61. The van der Waals surface area contributed by atoms with Crippen LogP contribution in [-0.4, -0.2) is 25.4 Å². The van der Waals surface area contributed by atoms with Crippen molar-refractivity contribution >= 4 is 25.4 Å². The topological polar surface area (TPSA) is 101 Å². The van der Waals surface area contributed by atoms with Crippen molar-refractivity contribution in [2.75, 3.05) is 0 Å². The molecule has 0 heterocycles. The molecule has 0 aromatic heterocycles. The summed E-state index contributed by atoms with van der Waals surface area (Å²) in [5, 5.41) is 6.26. The highest BCUT2D eigenvalue weighted by atomic mass is 16.7. The number of benzene rings is 1. The fourth-order valence-electron chi connectivity index (χ4n) is 1.10. The fourth-order valence-corrected chi connectivity index (χ4v) is 1.10. The summed E-state index contributed by atoms with van der Waals surface area (Å²) in [4.78, 5) is 32.1. The number of carbonyl (C=O) groups is 2. The second kappa shape index (κ2) is 6.63. The third-order valence-corrected chi connectivity index (χ3v) is 1.77. The van der Waals surface area contributed by atoms with Crippen molar-refractivity contribution < 1.29 is 19.3 Å². The minimum absolute atomic E-state index is 0.00418. The van der Waals surface area contributed by atoms with Crippen LogP contribution in [0.3, 0.4) is 0 Å². The Kier molecular flexibility index (Phi) is 4.85. The Balaban J connectivity index is 2.91. The van der Waals surface area contributed by atoms with Crippen LogP contribution in [0.15, 0.2) is 34.5 Å². The van der Waals surface area contributed by atoms with Crippen LogP contribution < -0.4 is 11.2 Å². The lowest BCUT2D eigenvalue weighted by atomic mass is 10.1. The zero-order valence-electron chi connectivity index (χ0n) is 9.25. The first kappa shape index (κ1) is 13.2. The lowest BCUT2D eigenvalue weighted by Gasteiger charge is -2.07. The van der Waals surface area contributed by atoms with E-state index in [1.54, 1.807) is 12.1 Å². The minimum Gasteiger partial charge on any atom is -0.321 e. The van der Waals surface area contributed by atoms with E-state index in [-0.39, 0.29) is 11.1 Å². The first-order valence-corrected chi connectivity index (χ1v) is 4.63. The smallest absolute Gasteiger partial charge is 0.321 e. The largest absolute Gasteiger partial charge is 0.365 e. The summed E-state index contributed by atoms with van der Waals surface area (Å²) < 4.78 is 0. The molecule has 1 rings (SSSR count). The maximum atomic E-state index is 11.6. The Morgan fingerprint density at radius 3 is 1.67 bits per heavy atom. The number of nitrogens with one attached hydrogen (secondary N) is 2. The molecule has 18 heavy (non-hydrogen) atoms. The van der Waals surface area contributed by atoms with E-state index in [1.807, 2.05) is 11.2 Å². The number of hydrogen-bond acceptors (Lipinski definition) is 8. The van der Waals surface area contributed by atoms with Gasteiger partial charge >= 0.3 is 11.9 Å². The van der Waals surface area contributed by atoms with Crippen molar-refractivity contribution in [3.8, 4) is 0 Å². The lowest BCUT2D eigenvalue weighted by molar-refractivity contribution is 0.0215. The Labute approximate surface area is 102 Å². The van der Waals surface area contributed by atoms with Crippen LogP contribution >= 0.6 is 0 Å². The maximum absolute atomic E-state index is 11.6. The van der Waals surface area contributed by atoms with Crippen LogP contribution in [0.5, 0.6) is 0 Å². The molecule has 0 spiro atoms. The minimum atomic E-state index is -0.804. The molecule has 0 saturated carbocycles. The summed E-state index contributed by atoms with van der Waals surface area (Å²) in [6, 6.07) is 5.91. The van der Waals surface area contributed by atoms with Gasteiger partial charge in [0, 0.05) is 13.4 Å². The van der Waals surface area contributed by atoms with E-state index >= 15 is 0 Å². The number of carbonyl (C=O) groups excluding carboxylic acids is 2. The molecule has 0 bridgehead atoms. The second-order valence-electron chi connectivity index (χ2n) is 2.82. The number of hydrazone groups is 2. The SMILES string of the molecule is C=NNOC(=O)c1ccccc1C(=O)ONN=C. The highest BCUT2D eigenvalue weighted by Gasteiger charge is 2.19. The molecule has 0 atom stereocenters. The van der Waals surface area contributed by atoms with E-state index in [1.165, 1.54) is 12.1 Å². The van der Waals surface area contributed by atoms with Gasteiger partial charge in [0.05, 0.1) is 11.1 Å². The number of nitrogens with zero attached hydrogens (tertiary/aromatic N) is 2. The standard InChI is InChI=1S/C10H10N4O4/c1-11-13-17-9(15)7-5-3-4-6-8(7)10(16)18-14-12-2/h3-6,13-14H,1-2H2. The zero-order valence-corrected chi connectivity index (χ0v) is 9.25. The summed E-state index contributed by atoms with van der Waals surface area (Å²) in [6.07, 6.45) is 0. The molecule has 0 aliphatic heterocycles. The third-order valence-electron chi connectivity index (χ3n) is 1.77. The van der Waals surface area contributed by atoms with E-state index in [0.29, 0.717) is 0 Å². The molecule has 0 saturated heterocycles. The first-order chi connectivity index (χ1) is 8.70. The molecule has 1 aromatic rings. The number of rotatable bonds is 6. The summed E-state index contributed by atoms with van der Waals surface area (Å²) in [5.41, 5.74) is 3.86. The molecular formula is C10H10N4O4. The molecule has 0 fully saturated rings. The van der Waals surface area contributed by atoms with Crippen molar-refractivity contribution in [2.24, 2.45) is 10.2 Å². The average Bonchev–Trinajstić information content (AvgIpc) is 2.42. The molecule has 8 heteroatoms. The average molecular weight is 250 g/mol. The normalized spacial score (nSPS) is 8.89. The molecule has 0 radical (unpaired) electrons. The van der Waals surface area contributed by atoms with Gasteiger partial charge in [-0.15, -0.1) is 11.2 Å². The predicted octanol–water partition coefficient (Wildman–Crippen LogP) is 0.241. The third kappa shape index (κ3) is 3.30. The monoisotopic (exact) mass is 250 g/mol. The van der Waals surface area contributed by atoms with Gasteiger partial charge < -0.3 is 9.68 Å². The van der Waals surface area contributed by atoms with Crippen LogP contribution in [0.4, 0.5) is 0 Å².